The Morgan fingerprint density at radius 2 is 1.89 bits per heavy atom. The number of hydrogen-bond donors (Lipinski definition) is 3. The number of thioether (sulfide) groups is 1. The van der Waals surface area contributed by atoms with Crippen LogP contribution in [-0.4, -0.2) is 23.8 Å². The molecule has 0 aliphatic rings. The van der Waals surface area contributed by atoms with Crippen molar-refractivity contribution in [2.45, 2.75) is 23.3 Å². The number of nitrogens with two attached hydrogens (primary N) is 2. The fraction of sp³-hybridized carbons (Fsp3) is 0.333. The Hall–Kier alpha value is -1.53. The average molecular weight is 266 g/mol. The highest BCUT2D eigenvalue weighted by molar-refractivity contribution is 7.98. The van der Waals surface area contributed by atoms with E-state index in [-0.39, 0.29) is 0 Å². The monoisotopic (exact) mass is 266 g/mol. The molecule has 0 atom stereocenters. The predicted octanol–water partition coefficient (Wildman–Crippen LogP) is 1.27. The number of hydrazone groups is 2. The van der Waals surface area contributed by atoms with Gasteiger partial charge in [-0.2, -0.15) is 10.2 Å². The van der Waals surface area contributed by atoms with E-state index in [9.17, 15) is 5.11 Å². The second-order valence-electron chi connectivity index (χ2n) is 3.84. The van der Waals surface area contributed by atoms with E-state index in [1.165, 1.54) is 12.4 Å². The zero-order valence-electron chi connectivity index (χ0n) is 10.3. The molecule has 0 radical (unpaired) electrons. The zero-order valence-corrected chi connectivity index (χ0v) is 11.1. The number of benzene rings is 1. The third kappa shape index (κ3) is 3.75. The summed E-state index contributed by atoms with van der Waals surface area (Å²) in [4.78, 5) is 1.08. The molecule has 0 saturated carbocycles. The molecule has 18 heavy (non-hydrogen) atoms. The molecule has 1 aromatic carbocycles. The van der Waals surface area contributed by atoms with Crippen molar-refractivity contribution in [2.75, 3.05) is 6.26 Å². The molecule has 5 nitrogen and oxygen atoms in total. The molecular formula is C12H18N4OS. The van der Waals surface area contributed by atoms with Gasteiger partial charge in [0.05, 0.1) is 5.60 Å². The van der Waals surface area contributed by atoms with Gasteiger partial charge in [-0.05, 0) is 24.0 Å². The molecule has 98 valence electrons. The van der Waals surface area contributed by atoms with E-state index in [2.05, 4.69) is 10.2 Å². The lowest BCUT2D eigenvalue weighted by molar-refractivity contribution is 0.0541. The van der Waals surface area contributed by atoms with Gasteiger partial charge in [-0.1, -0.05) is 12.1 Å². The van der Waals surface area contributed by atoms with Crippen molar-refractivity contribution in [3.63, 3.8) is 0 Å². The van der Waals surface area contributed by atoms with Crippen LogP contribution in [-0.2, 0) is 5.60 Å². The Balaban J connectivity index is 3.06. The van der Waals surface area contributed by atoms with E-state index in [1.54, 1.807) is 11.8 Å². The maximum absolute atomic E-state index is 10.7. The summed E-state index contributed by atoms with van der Waals surface area (Å²) in [5, 5.41) is 17.5. The highest BCUT2D eigenvalue weighted by Crippen LogP contribution is 2.30. The Labute approximate surface area is 111 Å². The van der Waals surface area contributed by atoms with Crippen molar-refractivity contribution in [2.24, 2.45) is 21.9 Å². The first-order valence-electron chi connectivity index (χ1n) is 5.46. The first-order valence-corrected chi connectivity index (χ1v) is 6.69. The highest BCUT2D eigenvalue weighted by Gasteiger charge is 2.27. The maximum Gasteiger partial charge on any atom is 0.0996 e. The summed E-state index contributed by atoms with van der Waals surface area (Å²) < 4.78 is 0. The van der Waals surface area contributed by atoms with Crippen LogP contribution in [0, 0.1) is 0 Å². The van der Waals surface area contributed by atoms with Crippen molar-refractivity contribution >= 4 is 24.2 Å². The minimum atomic E-state index is -1.09. The molecule has 0 fully saturated rings. The topological polar surface area (TPSA) is 97.0 Å². The number of rotatable bonds is 6. The lowest BCUT2D eigenvalue weighted by Crippen LogP contribution is -2.27. The molecule has 0 amide bonds. The number of aliphatic hydroxyl groups is 1. The molecule has 0 heterocycles. The number of hydrogen-bond acceptors (Lipinski definition) is 6. The van der Waals surface area contributed by atoms with Gasteiger partial charge in [-0.3, -0.25) is 0 Å². The molecular weight excluding hydrogens is 248 g/mol. The Bertz CT molecular complexity index is 420. The van der Waals surface area contributed by atoms with E-state index in [0.717, 1.165) is 10.5 Å². The summed E-state index contributed by atoms with van der Waals surface area (Å²) in [6, 6.07) is 7.71. The predicted molar refractivity (Wildman–Crippen MR) is 76.7 cm³/mol. The van der Waals surface area contributed by atoms with Crippen molar-refractivity contribution in [3.8, 4) is 0 Å². The van der Waals surface area contributed by atoms with Crippen LogP contribution in [0.4, 0.5) is 0 Å². The number of nitrogens with zero attached hydrogens (tertiary/aromatic N) is 2. The minimum Gasteiger partial charge on any atom is -0.384 e. The second kappa shape index (κ2) is 7.03. The summed E-state index contributed by atoms with van der Waals surface area (Å²) in [5.41, 5.74) is -0.286. The van der Waals surface area contributed by atoms with Crippen molar-refractivity contribution in [1.82, 2.24) is 0 Å². The van der Waals surface area contributed by atoms with Gasteiger partial charge in [0, 0.05) is 30.2 Å². The second-order valence-corrected chi connectivity index (χ2v) is 4.71. The molecule has 0 aliphatic heterocycles. The smallest absolute Gasteiger partial charge is 0.0996 e. The lowest BCUT2D eigenvalue weighted by Gasteiger charge is -2.26. The van der Waals surface area contributed by atoms with E-state index in [0.29, 0.717) is 12.8 Å². The van der Waals surface area contributed by atoms with Crippen molar-refractivity contribution in [3.05, 3.63) is 29.8 Å². The largest absolute Gasteiger partial charge is 0.384 e. The molecule has 5 N–H and O–H groups in total. The fourth-order valence-electron chi connectivity index (χ4n) is 1.64. The highest BCUT2D eigenvalue weighted by atomic mass is 32.2. The Kier molecular flexibility index (Phi) is 5.67. The third-order valence-electron chi connectivity index (χ3n) is 2.68. The Morgan fingerprint density at radius 3 is 2.39 bits per heavy atom. The van der Waals surface area contributed by atoms with Gasteiger partial charge in [-0.25, -0.2) is 0 Å². The summed E-state index contributed by atoms with van der Waals surface area (Å²) >= 11 is 1.62. The van der Waals surface area contributed by atoms with E-state index >= 15 is 0 Å². The molecule has 0 spiro atoms. The first kappa shape index (κ1) is 14.5. The van der Waals surface area contributed by atoms with E-state index in [4.69, 9.17) is 11.7 Å². The van der Waals surface area contributed by atoms with Crippen LogP contribution >= 0.6 is 11.8 Å². The quantitative estimate of drug-likeness (QED) is 0.312. The standard InChI is InChI=1S/C12H18N4OS/c1-18-11-4-2-3-10(9-11)12(17,5-7-15-13)6-8-16-14/h2-4,7-9,17H,5-6,13-14H2,1H3/b15-7-,16-8-. The molecule has 6 heteroatoms. The van der Waals surface area contributed by atoms with Crippen LogP contribution in [0.2, 0.25) is 0 Å². The average Bonchev–Trinajstić information content (AvgIpc) is 2.43. The van der Waals surface area contributed by atoms with Crippen LogP contribution in [0.3, 0.4) is 0 Å². The van der Waals surface area contributed by atoms with Gasteiger partial charge in [0.2, 0.25) is 0 Å². The van der Waals surface area contributed by atoms with Gasteiger partial charge < -0.3 is 16.8 Å². The molecule has 0 aromatic heterocycles. The van der Waals surface area contributed by atoms with Gasteiger partial charge in [0.15, 0.2) is 0 Å². The van der Waals surface area contributed by atoms with Gasteiger partial charge in [0.25, 0.3) is 0 Å². The van der Waals surface area contributed by atoms with Crippen LogP contribution in [0.15, 0.2) is 39.4 Å². The lowest BCUT2D eigenvalue weighted by atomic mass is 9.88. The zero-order chi connectivity index (χ0) is 13.4. The molecule has 0 unspecified atom stereocenters. The fourth-order valence-corrected chi connectivity index (χ4v) is 2.10. The van der Waals surface area contributed by atoms with Crippen molar-refractivity contribution in [1.29, 1.82) is 0 Å². The summed E-state index contributed by atoms with van der Waals surface area (Å²) in [7, 11) is 0. The molecule has 0 aliphatic carbocycles. The van der Waals surface area contributed by atoms with Gasteiger partial charge in [-0.15, -0.1) is 11.8 Å². The molecule has 1 rings (SSSR count). The summed E-state index contributed by atoms with van der Waals surface area (Å²) in [6.45, 7) is 0. The SMILES string of the molecule is CSc1cccc(C(O)(C/C=N\N)C/C=N\N)c1. The van der Waals surface area contributed by atoms with Crippen LogP contribution < -0.4 is 11.7 Å². The first-order chi connectivity index (χ1) is 8.66. The molecule has 1 aromatic rings. The maximum atomic E-state index is 10.7. The summed E-state index contributed by atoms with van der Waals surface area (Å²) in [5.74, 6) is 10.2. The minimum absolute atomic E-state index is 0.313. The van der Waals surface area contributed by atoms with Gasteiger partial charge >= 0.3 is 0 Å². The Morgan fingerprint density at radius 1 is 1.28 bits per heavy atom. The van der Waals surface area contributed by atoms with Crippen LogP contribution in [0.25, 0.3) is 0 Å². The third-order valence-corrected chi connectivity index (χ3v) is 3.40. The molecule has 0 bridgehead atoms. The summed E-state index contributed by atoms with van der Waals surface area (Å²) in [6.07, 6.45) is 5.58. The van der Waals surface area contributed by atoms with Crippen LogP contribution in [0.5, 0.6) is 0 Å². The molecule has 0 saturated heterocycles. The van der Waals surface area contributed by atoms with Crippen LogP contribution in [0.1, 0.15) is 18.4 Å². The van der Waals surface area contributed by atoms with Crippen molar-refractivity contribution < 1.29 is 5.11 Å². The van der Waals surface area contributed by atoms with E-state index in [1.807, 2.05) is 30.5 Å². The normalized spacial score (nSPS) is 12.6. The van der Waals surface area contributed by atoms with E-state index < -0.39 is 5.60 Å². The van der Waals surface area contributed by atoms with Gasteiger partial charge in [0.1, 0.15) is 0 Å².